The van der Waals surface area contributed by atoms with E-state index in [0.717, 1.165) is 35.4 Å². The minimum atomic E-state index is -0.773. The van der Waals surface area contributed by atoms with Gasteiger partial charge in [-0.05, 0) is 75.6 Å². The Labute approximate surface area is 194 Å². The minimum absolute atomic E-state index is 0.00530. The summed E-state index contributed by atoms with van der Waals surface area (Å²) >= 11 is 0. The van der Waals surface area contributed by atoms with Crippen LogP contribution in [0, 0.1) is 0 Å². The van der Waals surface area contributed by atoms with E-state index in [4.69, 9.17) is 14.3 Å². The van der Waals surface area contributed by atoms with Crippen LogP contribution in [0.3, 0.4) is 0 Å². The molecule has 0 spiro atoms. The number of para-hydroxylation sites is 1. The number of hydrogen-bond acceptors (Lipinski definition) is 4. The van der Waals surface area contributed by atoms with E-state index in [0.29, 0.717) is 18.8 Å². The molecular weight excluding hydrogens is 418 g/mol. The van der Waals surface area contributed by atoms with Crippen LogP contribution in [-0.2, 0) is 16.0 Å². The molecule has 1 heterocycles. The van der Waals surface area contributed by atoms with E-state index in [1.807, 2.05) is 74.5 Å². The predicted octanol–water partition coefficient (Wildman–Crippen LogP) is 5.95. The Balaban J connectivity index is 1.64. The zero-order valence-corrected chi connectivity index (χ0v) is 19.2. The quantitative estimate of drug-likeness (QED) is 0.345. The lowest BCUT2D eigenvalue weighted by Crippen LogP contribution is -2.38. The summed E-state index contributed by atoms with van der Waals surface area (Å²) in [7, 11) is 0. The molecule has 0 unspecified atom stereocenters. The van der Waals surface area contributed by atoms with Gasteiger partial charge >= 0.3 is 5.97 Å². The Morgan fingerprint density at radius 3 is 2.39 bits per heavy atom. The molecule has 0 saturated carbocycles. The van der Waals surface area contributed by atoms with Crippen molar-refractivity contribution in [2.45, 2.75) is 52.0 Å². The Hall–Kier alpha value is -3.54. The smallest absolute Gasteiger partial charge is 0.303 e. The summed E-state index contributed by atoms with van der Waals surface area (Å²) in [6, 6.07) is 19.1. The highest BCUT2D eigenvalue weighted by Gasteiger charge is 2.21. The van der Waals surface area contributed by atoms with Crippen LogP contribution in [0.4, 0.5) is 5.69 Å². The number of ether oxygens (including phenoxy) is 1. The van der Waals surface area contributed by atoms with Crippen molar-refractivity contribution in [2.75, 3.05) is 11.5 Å². The first kappa shape index (κ1) is 24.1. The molecule has 6 nitrogen and oxygen atoms in total. The van der Waals surface area contributed by atoms with Crippen LogP contribution in [0.15, 0.2) is 71.3 Å². The van der Waals surface area contributed by atoms with E-state index >= 15 is 0 Å². The number of carboxylic acids is 1. The number of nitrogens with zero attached hydrogens (tertiary/aromatic N) is 1. The molecule has 0 saturated heterocycles. The number of unbranched alkanes of at least 4 members (excludes halogenated alkanes) is 2. The second-order valence-corrected chi connectivity index (χ2v) is 8.22. The standard InChI is InChI=1S/C27H31NO5/c1-20(2)28(23-15-13-21(14-16-23)24-11-8-18-33-24)26(29)19-22-9-5-6-10-25(22)32-17-7-3-4-12-27(30)31/h5-6,8-11,13-16,18,20H,3-4,7,12,17,19H2,1-2H3,(H,30,31). The molecule has 2 aromatic carbocycles. The SMILES string of the molecule is CC(C)N(C(=O)Cc1ccccc1OCCCCCC(=O)O)c1ccc(-c2ccco2)cc1. The van der Waals surface area contributed by atoms with Crippen molar-refractivity contribution in [1.29, 1.82) is 0 Å². The Kier molecular flexibility index (Phi) is 8.70. The number of carboxylic acid groups (broad SMARTS) is 1. The lowest BCUT2D eigenvalue weighted by atomic mass is 10.1. The van der Waals surface area contributed by atoms with Crippen molar-refractivity contribution in [3.8, 4) is 17.1 Å². The highest BCUT2D eigenvalue weighted by Crippen LogP contribution is 2.26. The van der Waals surface area contributed by atoms with Gasteiger partial charge in [0.25, 0.3) is 0 Å². The average Bonchev–Trinajstić information content (AvgIpc) is 3.32. The van der Waals surface area contributed by atoms with E-state index in [-0.39, 0.29) is 24.8 Å². The average molecular weight is 450 g/mol. The highest BCUT2D eigenvalue weighted by atomic mass is 16.5. The molecular formula is C27H31NO5. The summed E-state index contributed by atoms with van der Waals surface area (Å²) in [5, 5.41) is 8.72. The van der Waals surface area contributed by atoms with E-state index in [9.17, 15) is 9.59 Å². The maximum atomic E-state index is 13.3. The van der Waals surface area contributed by atoms with Crippen LogP contribution in [0.1, 0.15) is 45.1 Å². The number of carbonyl (C=O) groups is 2. The second-order valence-electron chi connectivity index (χ2n) is 8.22. The molecule has 0 aliphatic heterocycles. The van der Waals surface area contributed by atoms with E-state index in [2.05, 4.69) is 0 Å². The fraction of sp³-hybridized carbons (Fsp3) is 0.333. The lowest BCUT2D eigenvalue weighted by Gasteiger charge is -2.27. The summed E-state index contributed by atoms with van der Waals surface area (Å²) in [4.78, 5) is 25.7. The van der Waals surface area contributed by atoms with Crippen molar-refractivity contribution in [2.24, 2.45) is 0 Å². The molecule has 0 atom stereocenters. The topological polar surface area (TPSA) is 80.0 Å². The highest BCUT2D eigenvalue weighted by molar-refractivity contribution is 5.95. The second kappa shape index (κ2) is 11.9. The van der Waals surface area contributed by atoms with Crippen molar-refractivity contribution >= 4 is 17.6 Å². The molecule has 1 amide bonds. The van der Waals surface area contributed by atoms with Crippen LogP contribution in [0.5, 0.6) is 5.75 Å². The first-order chi connectivity index (χ1) is 16.0. The van der Waals surface area contributed by atoms with E-state index < -0.39 is 5.97 Å². The van der Waals surface area contributed by atoms with Crippen molar-refractivity contribution in [3.63, 3.8) is 0 Å². The van der Waals surface area contributed by atoms with Crippen molar-refractivity contribution in [1.82, 2.24) is 0 Å². The van der Waals surface area contributed by atoms with Gasteiger partial charge in [0.1, 0.15) is 11.5 Å². The third-order valence-electron chi connectivity index (χ3n) is 5.34. The summed E-state index contributed by atoms with van der Waals surface area (Å²) in [5.41, 5.74) is 2.63. The first-order valence-electron chi connectivity index (χ1n) is 11.3. The number of amides is 1. The van der Waals surface area contributed by atoms with Gasteiger partial charge in [0, 0.05) is 29.3 Å². The molecule has 0 fully saturated rings. The minimum Gasteiger partial charge on any atom is -0.493 e. The number of hydrogen-bond donors (Lipinski definition) is 1. The van der Waals surface area contributed by atoms with Gasteiger partial charge in [-0.15, -0.1) is 0 Å². The maximum Gasteiger partial charge on any atom is 0.303 e. The van der Waals surface area contributed by atoms with E-state index in [1.54, 1.807) is 11.2 Å². The van der Waals surface area contributed by atoms with Crippen molar-refractivity contribution < 1.29 is 23.8 Å². The molecule has 3 rings (SSSR count). The number of rotatable bonds is 12. The Morgan fingerprint density at radius 2 is 1.73 bits per heavy atom. The first-order valence-corrected chi connectivity index (χ1v) is 11.3. The maximum absolute atomic E-state index is 13.3. The van der Waals surface area contributed by atoms with Crippen LogP contribution in [0.25, 0.3) is 11.3 Å². The van der Waals surface area contributed by atoms with Gasteiger partial charge in [-0.1, -0.05) is 18.2 Å². The number of carbonyl (C=O) groups excluding carboxylic acids is 1. The molecule has 1 aromatic heterocycles. The largest absolute Gasteiger partial charge is 0.493 e. The molecule has 1 N–H and O–H groups in total. The van der Waals surface area contributed by atoms with Gasteiger partial charge in [-0.25, -0.2) is 0 Å². The molecule has 33 heavy (non-hydrogen) atoms. The lowest BCUT2D eigenvalue weighted by molar-refractivity contribution is -0.137. The summed E-state index contributed by atoms with van der Waals surface area (Å²) in [6.45, 7) is 4.49. The molecule has 0 bridgehead atoms. The molecule has 6 heteroatoms. The van der Waals surface area contributed by atoms with Gasteiger partial charge in [0.15, 0.2) is 0 Å². The fourth-order valence-electron chi connectivity index (χ4n) is 3.74. The predicted molar refractivity (Wildman–Crippen MR) is 129 cm³/mol. The molecule has 0 aliphatic carbocycles. The summed E-state index contributed by atoms with van der Waals surface area (Å²) in [6.07, 6.45) is 4.26. The van der Waals surface area contributed by atoms with Crippen LogP contribution < -0.4 is 9.64 Å². The Morgan fingerprint density at radius 1 is 0.970 bits per heavy atom. The van der Waals surface area contributed by atoms with Gasteiger partial charge in [0.2, 0.25) is 5.91 Å². The van der Waals surface area contributed by atoms with Gasteiger partial charge in [0.05, 0.1) is 19.3 Å². The van der Waals surface area contributed by atoms with Crippen LogP contribution in [-0.4, -0.2) is 29.6 Å². The number of benzene rings is 2. The fourth-order valence-corrected chi connectivity index (χ4v) is 3.74. The van der Waals surface area contributed by atoms with Gasteiger partial charge in [-0.3, -0.25) is 9.59 Å². The normalized spacial score (nSPS) is 10.9. The third-order valence-corrected chi connectivity index (χ3v) is 5.34. The number of furan rings is 1. The molecule has 174 valence electrons. The molecule has 3 aromatic rings. The van der Waals surface area contributed by atoms with Crippen molar-refractivity contribution in [3.05, 3.63) is 72.5 Å². The molecule has 0 aliphatic rings. The molecule has 0 radical (unpaired) electrons. The van der Waals surface area contributed by atoms with E-state index in [1.165, 1.54) is 0 Å². The number of anilines is 1. The Bertz CT molecular complexity index is 1020. The van der Waals surface area contributed by atoms with Gasteiger partial charge < -0.3 is 19.2 Å². The van der Waals surface area contributed by atoms with Crippen LogP contribution in [0.2, 0.25) is 0 Å². The third kappa shape index (κ3) is 6.97. The summed E-state index contributed by atoms with van der Waals surface area (Å²) in [5.74, 6) is 0.706. The number of aliphatic carboxylic acids is 1. The van der Waals surface area contributed by atoms with Gasteiger partial charge in [-0.2, -0.15) is 0 Å². The summed E-state index contributed by atoms with van der Waals surface area (Å²) < 4.78 is 11.4. The zero-order chi connectivity index (χ0) is 23.6. The zero-order valence-electron chi connectivity index (χ0n) is 19.2. The monoisotopic (exact) mass is 449 g/mol. The van der Waals surface area contributed by atoms with Crippen LogP contribution >= 0.6 is 0 Å².